The maximum Gasteiger partial charge on any atom is 0.144 e. The van der Waals surface area contributed by atoms with E-state index in [0.29, 0.717) is 12.8 Å². The minimum absolute atomic E-state index is 0.179. The van der Waals surface area contributed by atoms with Gasteiger partial charge in [0, 0.05) is 6.04 Å². The highest BCUT2D eigenvalue weighted by molar-refractivity contribution is 5.02. The van der Waals surface area contributed by atoms with Gasteiger partial charge in [-0.3, -0.25) is 5.32 Å². The van der Waals surface area contributed by atoms with E-state index in [1.54, 1.807) is 0 Å². The van der Waals surface area contributed by atoms with E-state index in [1.807, 2.05) is 0 Å². The van der Waals surface area contributed by atoms with Gasteiger partial charge in [-0.15, -0.1) is 0 Å². The van der Waals surface area contributed by atoms with Crippen molar-refractivity contribution in [2.75, 3.05) is 0 Å². The fourth-order valence-corrected chi connectivity index (χ4v) is 2.04. The van der Waals surface area contributed by atoms with Gasteiger partial charge in [0.1, 0.15) is 11.8 Å². The molecule has 0 saturated carbocycles. The Morgan fingerprint density at radius 1 is 1.36 bits per heavy atom. The zero-order valence-electron chi connectivity index (χ0n) is 6.20. The molecule has 2 aliphatic heterocycles. The summed E-state index contributed by atoms with van der Waals surface area (Å²) in [4.78, 5) is 0. The number of rotatable bonds is 0. The molecule has 0 aliphatic carbocycles. The molecule has 0 aromatic rings. The van der Waals surface area contributed by atoms with Crippen LogP contribution in [0.5, 0.6) is 0 Å². The molecule has 4 nitrogen and oxygen atoms in total. The lowest BCUT2D eigenvalue weighted by Gasteiger charge is -2.37. The zero-order chi connectivity index (χ0) is 8.06. The molecule has 2 fully saturated rings. The second-order valence-electron chi connectivity index (χ2n) is 3.55. The molecule has 0 aromatic heterocycles. The fraction of sp³-hybridized carbons (Fsp3) is 1.00. The summed E-state index contributed by atoms with van der Waals surface area (Å²) in [5.74, 6) is 0. The molecular weight excluding hydrogens is 146 g/mol. The Morgan fingerprint density at radius 2 is 2.09 bits per heavy atom. The second kappa shape index (κ2) is 2.17. The molecule has 4 atom stereocenters. The molecule has 2 heterocycles. The normalized spacial score (nSPS) is 56.5. The summed E-state index contributed by atoms with van der Waals surface area (Å²) in [7, 11) is 0. The van der Waals surface area contributed by atoms with Crippen molar-refractivity contribution in [3.8, 4) is 0 Å². The van der Waals surface area contributed by atoms with Crippen molar-refractivity contribution in [1.82, 2.24) is 5.32 Å². The Morgan fingerprint density at radius 3 is 2.82 bits per heavy atom. The topological polar surface area (TPSA) is 72.7 Å². The Labute approximate surface area is 64.8 Å². The summed E-state index contributed by atoms with van der Waals surface area (Å²) >= 11 is 0. The zero-order valence-corrected chi connectivity index (χ0v) is 6.20. The van der Waals surface area contributed by atoms with Crippen LogP contribution in [0.4, 0.5) is 0 Å². The average molecular weight is 159 g/mol. The fourth-order valence-electron chi connectivity index (χ4n) is 2.04. The van der Waals surface area contributed by atoms with Gasteiger partial charge in [-0.25, -0.2) is 0 Å². The SMILES string of the molecule is O[C@@H]1[C@@H](O)C[C@@H]2CC[C@@]1(O)N2. The summed E-state index contributed by atoms with van der Waals surface area (Å²) in [6, 6.07) is 0.179. The highest BCUT2D eigenvalue weighted by atomic mass is 16.4. The van der Waals surface area contributed by atoms with E-state index in [4.69, 9.17) is 0 Å². The van der Waals surface area contributed by atoms with Crippen molar-refractivity contribution in [3.63, 3.8) is 0 Å². The van der Waals surface area contributed by atoms with Gasteiger partial charge in [-0.2, -0.15) is 0 Å². The average Bonchev–Trinajstić information content (AvgIpc) is 2.27. The van der Waals surface area contributed by atoms with Crippen LogP contribution < -0.4 is 5.32 Å². The summed E-state index contributed by atoms with van der Waals surface area (Å²) in [6.07, 6.45) is 0.124. The molecule has 2 bridgehead atoms. The van der Waals surface area contributed by atoms with E-state index >= 15 is 0 Å². The highest BCUT2D eigenvalue weighted by Crippen LogP contribution is 2.33. The van der Waals surface area contributed by atoms with Crippen molar-refractivity contribution in [3.05, 3.63) is 0 Å². The molecule has 0 radical (unpaired) electrons. The summed E-state index contributed by atoms with van der Waals surface area (Å²) in [6.45, 7) is 0. The summed E-state index contributed by atoms with van der Waals surface area (Å²) < 4.78 is 0. The predicted molar refractivity (Wildman–Crippen MR) is 37.7 cm³/mol. The molecule has 2 aliphatic rings. The predicted octanol–water partition coefficient (Wildman–Crippen LogP) is -1.45. The summed E-state index contributed by atoms with van der Waals surface area (Å²) in [5, 5.41) is 31.2. The molecule has 2 rings (SSSR count). The minimum Gasteiger partial charge on any atom is -0.390 e. The molecule has 2 saturated heterocycles. The smallest absolute Gasteiger partial charge is 0.144 e. The van der Waals surface area contributed by atoms with Gasteiger partial charge in [0.05, 0.1) is 6.10 Å². The van der Waals surface area contributed by atoms with E-state index < -0.39 is 17.9 Å². The number of aliphatic hydroxyl groups is 3. The van der Waals surface area contributed by atoms with Crippen molar-refractivity contribution in [1.29, 1.82) is 0 Å². The van der Waals surface area contributed by atoms with Gasteiger partial charge in [0.15, 0.2) is 0 Å². The van der Waals surface area contributed by atoms with Crippen LogP contribution in [0.3, 0.4) is 0 Å². The van der Waals surface area contributed by atoms with Crippen LogP contribution >= 0.6 is 0 Å². The third kappa shape index (κ3) is 0.980. The van der Waals surface area contributed by atoms with Crippen LogP contribution in [0.2, 0.25) is 0 Å². The van der Waals surface area contributed by atoms with Gasteiger partial charge in [0.25, 0.3) is 0 Å². The Balaban J connectivity index is 2.21. The Hall–Kier alpha value is -0.160. The maximum atomic E-state index is 9.64. The molecule has 4 N–H and O–H groups in total. The standard InChI is InChI=1S/C7H13NO3/c9-5-3-4-1-2-7(11,8-4)6(5)10/h4-6,8-11H,1-3H2/t4-,5-,6+,7-/m0/s1. The molecule has 0 amide bonds. The first-order valence-electron chi connectivity index (χ1n) is 3.98. The van der Waals surface area contributed by atoms with Crippen LogP contribution in [-0.4, -0.2) is 39.3 Å². The molecule has 64 valence electrons. The Bertz CT molecular complexity index is 175. The van der Waals surface area contributed by atoms with Crippen molar-refractivity contribution >= 4 is 0 Å². The van der Waals surface area contributed by atoms with Gasteiger partial charge in [-0.05, 0) is 19.3 Å². The van der Waals surface area contributed by atoms with Gasteiger partial charge >= 0.3 is 0 Å². The number of nitrogens with one attached hydrogen (secondary N) is 1. The first-order valence-corrected chi connectivity index (χ1v) is 3.98. The largest absolute Gasteiger partial charge is 0.390 e. The van der Waals surface area contributed by atoms with E-state index in [2.05, 4.69) is 5.32 Å². The quantitative estimate of drug-likeness (QED) is 0.349. The van der Waals surface area contributed by atoms with Gasteiger partial charge in [0.2, 0.25) is 0 Å². The minimum atomic E-state index is -1.22. The third-order valence-corrected chi connectivity index (χ3v) is 2.71. The summed E-state index contributed by atoms with van der Waals surface area (Å²) in [5.41, 5.74) is -1.22. The number of fused-ring (bicyclic) bond motifs is 2. The van der Waals surface area contributed by atoms with E-state index in [0.717, 1.165) is 6.42 Å². The monoisotopic (exact) mass is 159 g/mol. The van der Waals surface area contributed by atoms with Gasteiger partial charge < -0.3 is 15.3 Å². The first-order chi connectivity index (χ1) is 5.12. The molecule has 11 heavy (non-hydrogen) atoms. The van der Waals surface area contributed by atoms with Crippen LogP contribution in [0.15, 0.2) is 0 Å². The first kappa shape index (κ1) is 7.49. The third-order valence-electron chi connectivity index (χ3n) is 2.71. The van der Waals surface area contributed by atoms with Crippen molar-refractivity contribution in [2.45, 2.75) is 43.2 Å². The second-order valence-corrected chi connectivity index (χ2v) is 3.55. The number of hydrogen-bond donors (Lipinski definition) is 4. The number of aliphatic hydroxyl groups excluding tert-OH is 2. The van der Waals surface area contributed by atoms with Crippen LogP contribution in [0.1, 0.15) is 19.3 Å². The van der Waals surface area contributed by atoms with Crippen molar-refractivity contribution in [2.24, 2.45) is 0 Å². The molecular formula is C7H13NO3. The van der Waals surface area contributed by atoms with Crippen LogP contribution in [0.25, 0.3) is 0 Å². The van der Waals surface area contributed by atoms with Crippen molar-refractivity contribution < 1.29 is 15.3 Å². The maximum absolute atomic E-state index is 9.64. The lowest BCUT2D eigenvalue weighted by Crippen LogP contribution is -2.61. The van der Waals surface area contributed by atoms with E-state index in [9.17, 15) is 15.3 Å². The van der Waals surface area contributed by atoms with Crippen LogP contribution in [-0.2, 0) is 0 Å². The lowest BCUT2D eigenvalue weighted by atomic mass is 9.96. The molecule has 4 heteroatoms. The molecule has 0 unspecified atom stereocenters. The van der Waals surface area contributed by atoms with E-state index in [1.165, 1.54) is 0 Å². The highest BCUT2D eigenvalue weighted by Gasteiger charge is 2.50. The van der Waals surface area contributed by atoms with Crippen LogP contribution in [0, 0.1) is 0 Å². The number of hydrogen-bond acceptors (Lipinski definition) is 4. The number of piperidine rings is 1. The lowest BCUT2D eigenvalue weighted by molar-refractivity contribution is -0.153. The van der Waals surface area contributed by atoms with E-state index in [-0.39, 0.29) is 6.04 Å². The van der Waals surface area contributed by atoms with Gasteiger partial charge in [-0.1, -0.05) is 0 Å². The Kier molecular flexibility index (Phi) is 1.47. The molecule has 0 aromatic carbocycles. The molecule has 0 spiro atoms.